The number of aliphatic carboxylic acids is 1. The van der Waals surface area contributed by atoms with Gasteiger partial charge in [0.25, 0.3) is 0 Å². The molecule has 6 heteroatoms. The highest BCUT2D eigenvalue weighted by atomic mass is 19.1. The first-order valence-electron chi connectivity index (χ1n) is 8.13. The molecule has 0 bridgehead atoms. The molecule has 0 amide bonds. The lowest BCUT2D eigenvalue weighted by Gasteiger charge is -2.33. The van der Waals surface area contributed by atoms with Crippen LogP contribution in [0.2, 0.25) is 0 Å². The lowest BCUT2D eigenvalue weighted by molar-refractivity contribution is -0.139. The highest BCUT2D eigenvalue weighted by Gasteiger charge is 2.22. The average Bonchev–Trinajstić information content (AvgIpc) is 2.61. The summed E-state index contributed by atoms with van der Waals surface area (Å²) < 4.78 is 24.1. The lowest BCUT2D eigenvalue weighted by atomic mass is 10.1. The number of carboxylic acid groups (broad SMARTS) is 1. The Bertz CT molecular complexity index is 720. The number of nitrogens with zero attached hydrogens (tertiary/aromatic N) is 1. The number of hydrogen-bond donors (Lipinski definition) is 1. The summed E-state index contributed by atoms with van der Waals surface area (Å²) in [5.41, 5.74) is 2.01. The first-order valence-corrected chi connectivity index (χ1v) is 8.13. The van der Waals surface area contributed by atoms with Crippen molar-refractivity contribution in [1.29, 1.82) is 0 Å². The molecular formula is C19H20FNO4. The highest BCUT2D eigenvalue weighted by molar-refractivity contribution is 5.68. The van der Waals surface area contributed by atoms with Crippen LogP contribution in [0.5, 0.6) is 5.75 Å². The summed E-state index contributed by atoms with van der Waals surface area (Å²) in [5.74, 6) is -0.710. The normalized spacial score (nSPS) is 18.0. The van der Waals surface area contributed by atoms with Crippen LogP contribution >= 0.6 is 0 Å². The summed E-state index contributed by atoms with van der Waals surface area (Å²) in [7, 11) is 0. The molecule has 0 spiro atoms. The van der Waals surface area contributed by atoms with E-state index in [4.69, 9.17) is 14.6 Å². The zero-order valence-corrected chi connectivity index (χ0v) is 13.7. The Hall–Kier alpha value is -2.44. The van der Waals surface area contributed by atoms with Crippen LogP contribution in [-0.4, -0.2) is 42.3 Å². The van der Waals surface area contributed by atoms with Gasteiger partial charge in [-0.2, -0.15) is 0 Å². The van der Waals surface area contributed by atoms with Crippen LogP contribution in [0, 0.1) is 5.82 Å². The summed E-state index contributed by atoms with van der Waals surface area (Å²) in [6.45, 7) is 2.49. The number of carbonyl (C=O) groups is 1. The van der Waals surface area contributed by atoms with Gasteiger partial charge < -0.3 is 14.6 Å². The molecule has 25 heavy (non-hydrogen) atoms. The highest BCUT2D eigenvalue weighted by Crippen LogP contribution is 2.24. The number of halogens is 1. The predicted octanol–water partition coefficient (Wildman–Crippen LogP) is 2.86. The van der Waals surface area contributed by atoms with E-state index in [0.29, 0.717) is 25.4 Å². The van der Waals surface area contributed by atoms with Crippen LogP contribution in [0.1, 0.15) is 17.2 Å². The van der Waals surface area contributed by atoms with Gasteiger partial charge in [0, 0.05) is 19.6 Å². The largest absolute Gasteiger partial charge is 0.482 e. The van der Waals surface area contributed by atoms with Crippen LogP contribution in [-0.2, 0) is 16.1 Å². The maximum absolute atomic E-state index is 13.1. The van der Waals surface area contributed by atoms with Gasteiger partial charge in [0.05, 0.1) is 12.7 Å². The van der Waals surface area contributed by atoms with Gasteiger partial charge in [-0.25, -0.2) is 9.18 Å². The molecule has 1 N–H and O–H groups in total. The van der Waals surface area contributed by atoms with Crippen molar-refractivity contribution in [3.8, 4) is 5.75 Å². The van der Waals surface area contributed by atoms with Gasteiger partial charge in [0.2, 0.25) is 0 Å². The molecule has 2 aromatic carbocycles. The Labute approximate surface area is 145 Å². The third-order valence-corrected chi connectivity index (χ3v) is 4.06. The molecule has 5 nitrogen and oxygen atoms in total. The van der Waals surface area contributed by atoms with Crippen molar-refractivity contribution in [2.45, 2.75) is 12.6 Å². The Morgan fingerprint density at radius 1 is 1.28 bits per heavy atom. The van der Waals surface area contributed by atoms with Gasteiger partial charge in [-0.1, -0.05) is 24.3 Å². The van der Waals surface area contributed by atoms with Crippen molar-refractivity contribution < 1.29 is 23.8 Å². The van der Waals surface area contributed by atoms with E-state index < -0.39 is 5.97 Å². The maximum Gasteiger partial charge on any atom is 0.341 e. The fourth-order valence-corrected chi connectivity index (χ4v) is 2.86. The molecule has 0 unspecified atom stereocenters. The van der Waals surface area contributed by atoms with E-state index in [2.05, 4.69) is 4.90 Å². The number of rotatable bonds is 6. The van der Waals surface area contributed by atoms with Crippen molar-refractivity contribution in [2.75, 3.05) is 26.3 Å². The summed E-state index contributed by atoms with van der Waals surface area (Å²) in [6, 6.07) is 13.8. The molecule has 2 aromatic rings. The smallest absolute Gasteiger partial charge is 0.341 e. The SMILES string of the molecule is O=C(O)COc1cccc(CN2CCO[C@H](c3ccc(F)cc3)C2)c1. The molecule has 0 aliphatic carbocycles. The average molecular weight is 345 g/mol. The van der Waals surface area contributed by atoms with Gasteiger partial charge in [0.1, 0.15) is 11.6 Å². The Morgan fingerprint density at radius 3 is 2.84 bits per heavy atom. The minimum Gasteiger partial charge on any atom is -0.482 e. The molecular weight excluding hydrogens is 325 g/mol. The van der Waals surface area contributed by atoms with Crippen LogP contribution in [0.15, 0.2) is 48.5 Å². The second-order valence-electron chi connectivity index (χ2n) is 5.98. The van der Waals surface area contributed by atoms with Crippen LogP contribution < -0.4 is 4.74 Å². The second-order valence-corrected chi connectivity index (χ2v) is 5.98. The standard InChI is InChI=1S/C19H20FNO4/c20-16-6-4-15(5-7-16)18-12-21(8-9-24-18)11-14-2-1-3-17(10-14)25-13-19(22)23/h1-7,10,18H,8-9,11-13H2,(H,22,23)/t18-/m0/s1. The molecule has 1 saturated heterocycles. The van der Waals surface area contributed by atoms with E-state index >= 15 is 0 Å². The molecule has 3 rings (SSSR count). The molecule has 0 radical (unpaired) electrons. The van der Waals surface area contributed by atoms with Gasteiger partial charge in [-0.05, 0) is 35.4 Å². The first-order chi connectivity index (χ1) is 12.1. The van der Waals surface area contributed by atoms with Crippen LogP contribution in [0.3, 0.4) is 0 Å². The molecule has 0 aromatic heterocycles. The van der Waals surface area contributed by atoms with Gasteiger partial charge in [-0.15, -0.1) is 0 Å². The van der Waals surface area contributed by atoms with Crippen molar-refractivity contribution >= 4 is 5.97 Å². The van der Waals surface area contributed by atoms with E-state index in [9.17, 15) is 9.18 Å². The van der Waals surface area contributed by atoms with E-state index in [1.807, 2.05) is 18.2 Å². The zero-order valence-electron chi connectivity index (χ0n) is 13.7. The third kappa shape index (κ3) is 5.01. The van der Waals surface area contributed by atoms with Crippen molar-refractivity contribution in [2.24, 2.45) is 0 Å². The molecule has 1 aliphatic heterocycles. The number of morpholine rings is 1. The van der Waals surface area contributed by atoms with Crippen LogP contribution in [0.4, 0.5) is 4.39 Å². The first kappa shape index (κ1) is 17.4. The molecule has 132 valence electrons. The summed E-state index contributed by atoms with van der Waals surface area (Å²) in [6.07, 6.45) is -0.0826. The molecule has 1 aliphatic rings. The number of ether oxygens (including phenoxy) is 2. The molecule has 1 fully saturated rings. The molecule has 1 atom stereocenters. The van der Waals surface area contributed by atoms with E-state index in [1.165, 1.54) is 12.1 Å². The van der Waals surface area contributed by atoms with Crippen molar-refractivity contribution in [3.05, 3.63) is 65.5 Å². The Morgan fingerprint density at radius 2 is 2.08 bits per heavy atom. The topological polar surface area (TPSA) is 59.0 Å². The number of hydrogen-bond acceptors (Lipinski definition) is 4. The Kier molecular flexibility index (Phi) is 5.63. The molecule has 1 heterocycles. The summed E-state index contributed by atoms with van der Waals surface area (Å²) in [4.78, 5) is 12.9. The monoisotopic (exact) mass is 345 g/mol. The van der Waals surface area contributed by atoms with E-state index in [-0.39, 0.29) is 18.5 Å². The number of carboxylic acids is 1. The van der Waals surface area contributed by atoms with Crippen molar-refractivity contribution in [3.63, 3.8) is 0 Å². The summed E-state index contributed by atoms with van der Waals surface area (Å²) in [5, 5.41) is 8.69. The lowest BCUT2D eigenvalue weighted by Crippen LogP contribution is -2.37. The van der Waals surface area contributed by atoms with Crippen LogP contribution in [0.25, 0.3) is 0 Å². The Balaban J connectivity index is 1.61. The number of benzene rings is 2. The maximum atomic E-state index is 13.1. The third-order valence-electron chi connectivity index (χ3n) is 4.06. The fourth-order valence-electron chi connectivity index (χ4n) is 2.86. The van der Waals surface area contributed by atoms with Crippen molar-refractivity contribution in [1.82, 2.24) is 4.90 Å². The summed E-state index contributed by atoms with van der Waals surface area (Å²) >= 11 is 0. The quantitative estimate of drug-likeness (QED) is 0.872. The van der Waals surface area contributed by atoms with Gasteiger partial charge in [0.15, 0.2) is 6.61 Å². The van der Waals surface area contributed by atoms with Gasteiger partial charge in [-0.3, -0.25) is 4.90 Å². The zero-order chi connectivity index (χ0) is 17.6. The van der Waals surface area contributed by atoms with Gasteiger partial charge >= 0.3 is 5.97 Å². The van der Waals surface area contributed by atoms with E-state index in [0.717, 1.165) is 17.7 Å². The van der Waals surface area contributed by atoms with E-state index in [1.54, 1.807) is 18.2 Å². The predicted molar refractivity (Wildman–Crippen MR) is 89.9 cm³/mol. The minimum atomic E-state index is -0.999. The second kappa shape index (κ2) is 8.09. The molecule has 0 saturated carbocycles. The fraction of sp³-hybridized carbons (Fsp3) is 0.316. The minimum absolute atomic E-state index is 0.0826.